The Labute approximate surface area is 168 Å². The Morgan fingerprint density at radius 3 is 2.50 bits per heavy atom. The minimum absolute atomic E-state index is 0.171. The van der Waals surface area contributed by atoms with Crippen molar-refractivity contribution in [2.24, 2.45) is 5.92 Å². The summed E-state index contributed by atoms with van der Waals surface area (Å²) in [5, 5.41) is 0. The van der Waals surface area contributed by atoms with Crippen molar-refractivity contribution in [1.29, 1.82) is 0 Å². The average Bonchev–Trinajstić information content (AvgIpc) is 3.58. The lowest BCUT2D eigenvalue weighted by molar-refractivity contribution is -0.134. The van der Waals surface area contributed by atoms with Gasteiger partial charge in [0.1, 0.15) is 5.75 Å². The van der Waals surface area contributed by atoms with Crippen LogP contribution in [0.15, 0.2) is 54.6 Å². The molecule has 148 valence electrons. The van der Waals surface area contributed by atoms with E-state index in [-0.39, 0.29) is 11.9 Å². The van der Waals surface area contributed by atoms with E-state index < -0.39 is 0 Å². The Morgan fingerprint density at radius 1 is 1.07 bits per heavy atom. The topological polar surface area (TPSA) is 32.8 Å². The summed E-state index contributed by atoms with van der Waals surface area (Å²) >= 11 is 0. The van der Waals surface area contributed by atoms with Gasteiger partial charge in [-0.25, -0.2) is 0 Å². The van der Waals surface area contributed by atoms with Crippen LogP contribution >= 0.6 is 0 Å². The lowest BCUT2D eigenvalue weighted by Crippen LogP contribution is -2.49. The highest BCUT2D eigenvalue weighted by Crippen LogP contribution is 2.45. The summed E-state index contributed by atoms with van der Waals surface area (Å²) in [6.45, 7) is 2.41. The van der Waals surface area contributed by atoms with Gasteiger partial charge in [-0.2, -0.15) is 0 Å². The first-order valence-electron chi connectivity index (χ1n) is 10.3. The fourth-order valence-electron chi connectivity index (χ4n) is 4.45. The number of methoxy groups -OCH3 is 1. The van der Waals surface area contributed by atoms with Gasteiger partial charge >= 0.3 is 0 Å². The van der Waals surface area contributed by atoms with E-state index in [1.54, 1.807) is 7.11 Å². The molecule has 1 saturated heterocycles. The molecule has 1 aliphatic carbocycles. The maximum Gasteiger partial charge on any atom is 0.223 e. The third-order valence-corrected chi connectivity index (χ3v) is 6.31. The van der Waals surface area contributed by atoms with Crippen LogP contribution in [0.1, 0.15) is 42.3 Å². The summed E-state index contributed by atoms with van der Waals surface area (Å²) in [5.41, 5.74) is 2.47. The Morgan fingerprint density at radius 2 is 1.79 bits per heavy atom. The van der Waals surface area contributed by atoms with Gasteiger partial charge in [0.2, 0.25) is 5.91 Å². The fourth-order valence-corrected chi connectivity index (χ4v) is 4.45. The third kappa shape index (κ3) is 4.07. The van der Waals surface area contributed by atoms with Gasteiger partial charge in [0, 0.05) is 31.6 Å². The molecule has 1 aliphatic heterocycles. The molecular weight excluding hydrogens is 348 g/mol. The Balaban J connectivity index is 1.48. The summed E-state index contributed by atoms with van der Waals surface area (Å²) in [7, 11) is 3.85. The lowest BCUT2D eigenvalue weighted by atomic mass is 9.90. The first-order valence-corrected chi connectivity index (χ1v) is 10.3. The van der Waals surface area contributed by atoms with Crippen molar-refractivity contribution in [3.8, 4) is 5.75 Å². The van der Waals surface area contributed by atoms with E-state index in [0.717, 1.165) is 30.9 Å². The van der Waals surface area contributed by atoms with Crippen LogP contribution in [0.5, 0.6) is 5.75 Å². The molecule has 2 aliphatic rings. The molecule has 0 spiro atoms. The molecule has 4 rings (SSSR count). The van der Waals surface area contributed by atoms with E-state index in [9.17, 15) is 4.79 Å². The maximum atomic E-state index is 13.2. The molecule has 1 saturated carbocycles. The van der Waals surface area contributed by atoms with Crippen LogP contribution in [-0.4, -0.2) is 49.5 Å². The summed E-state index contributed by atoms with van der Waals surface area (Å²) < 4.78 is 5.57. The summed E-state index contributed by atoms with van der Waals surface area (Å²) in [5.74, 6) is 2.21. The van der Waals surface area contributed by atoms with Crippen molar-refractivity contribution in [2.75, 3.05) is 33.8 Å². The predicted octanol–water partition coefficient (Wildman–Crippen LogP) is 4.09. The van der Waals surface area contributed by atoms with Crippen LogP contribution in [-0.2, 0) is 4.79 Å². The molecule has 1 heterocycles. The number of rotatable bonds is 6. The molecule has 2 aromatic carbocycles. The number of hydrogen-bond donors (Lipinski definition) is 0. The molecule has 2 unspecified atom stereocenters. The monoisotopic (exact) mass is 378 g/mol. The normalized spacial score (nSPS) is 21.4. The largest absolute Gasteiger partial charge is 0.496 e. The van der Waals surface area contributed by atoms with E-state index in [4.69, 9.17) is 4.74 Å². The average molecular weight is 379 g/mol. The molecule has 1 amide bonds. The van der Waals surface area contributed by atoms with Gasteiger partial charge in [0.05, 0.1) is 13.2 Å². The third-order valence-electron chi connectivity index (χ3n) is 6.31. The van der Waals surface area contributed by atoms with Crippen LogP contribution in [0.4, 0.5) is 0 Å². The maximum absolute atomic E-state index is 13.2. The number of likely N-dealkylation sites (N-methyl/N-ethyl adjacent to an activating group) is 1. The van der Waals surface area contributed by atoms with Crippen LogP contribution in [0.25, 0.3) is 0 Å². The second-order valence-corrected chi connectivity index (χ2v) is 8.14. The fraction of sp³-hybridized carbons (Fsp3) is 0.458. The molecule has 2 atom stereocenters. The van der Waals surface area contributed by atoms with Crippen LogP contribution in [0.3, 0.4) is 0 Å². The molecule has 4 heteroatoms. The van der Waals surface area contributed by atoms with Gasteiger partial charge in [0.25, 0.3) is 0 Å². The second-order valence-electron chi connectivity index (χ2n) is 8.14. The van der Waals surface area contributed by atoms with Crippen LogP contribution in [0.2, 0.25) is 0 Å². The molecule has 0 radical (unpaired) electrons. The number of hydrogen-bond acceptors (Lipinski definition) is 3. The molecular formula is C24H30N2O2. The first kappa shape index (κ1) is 19.0. The zero-order chi connectivity index (χ0) is 19.5. The molecule has 4 nitrogen and oxygen atoms in total. The van der Waals surface area contributed by atoms with Gasteiger partial charge in [-0.3, -0.25) is 9.69 Å². The van der Waals surface area contributed by atoms with Gasteiger partial charge in [-0.05, 0) is 43.4 Å². The molecule has 2 aromatic rings. The summed E-state index contributed by atoms with van der Waals surface area (Å²) in [4.78, 5) is 17.6. The first-order chi connectivity index (χ1) is 13.7. The number of carbonyl (C=O) groups is 1. The molecule has 0 aromatic heterocycles. The SMILES string of the molecule is COc1ccccc1C1CN(C(=O)CC(c2ccccc2)C2CC2)CCN1C. The molecule has 0 bridgehead atoms. The molecule has 0 N–H and O–H groups in total. The van der Waals surface area contributed by atoms with E-state index >= 15 is 0 Å². The summed E-state index contributed by atoms with van der Waals surface area (Å²) in [6.07, 6.45) is 3.12. The Bertz CT molecular complexity index is 803. The molecule has 28 heavy (non-hydrogen) atoms. The highest BCUT2D eigenvalue weighted by molar-refractivity contribution is 5.77. The standard InChI is InChI=1S/C24H30N2O2/c1-25-14-15-26(17-22(25)20-10-6-7-11-23(20)28-2)24(27)16-21(19-12-13-19)18-8-4-3-5-9-18/h3-11,19,21-22H,12-17H2,1-2H3. The van der Waals surface area contributed by atoms with E-state index in [0.29, 0.717) is 18.3 Å². The van der Waals surface area contributed by atoms with Crippen LogP contribution in [0, 0.1) is 5.92 Å². The van der Waals surface area contributed by atoms with Crippen molar-refractivity contribution < 1.29 is 9.53 Å². The highest BCUT2D eigenvalue weighted by Gasteiger charge is 2.36. The number of ether oxygens (including phenoxy) is 1. The minimum atomic E-state index is 0.171. The van der Waals surface area contributed by atoms with E-state index in [2.05, 4.69) is 47.2 Å². The number of para-hydroxylation sites is 1. The van der Waals surface area contributed by atoms with E-state index in [1.807, 2.05) is 24.3 Å². The van der Waals surface area contributed by atoms with Gasteiger partial charge in [0.15, 0.2) is 0 Å². The zero-order valence-corrected chi connectivity index (χ0v) is 16.9. The second kappa shape index (κ2) is 8.36. The minimum Gasteiger partial charge on any atom is -0.496 e. The van der Waals surface area contributed by atoms with Crippen LogP contribution < -0.4 is 4.74 Å². The van der Waals surface area contributed by atoms with Crippen molar-refractivity contribution in [1.82, 2.24) is 9.80 Å². The number of amides is 1. The van der Waals surface area contributed by atoms with Crippen molar-refractivity contribution in [3.05, 3.63) is 65.7 Å². The smallest absolute Gasteiger partial charge is 0.223 e. The van der Waals surface area contributed by atoms with Gasteiger partial charge < -0.3 is 9.64 Å². The molecule has 2 fully saturated rings. The number of benzene rings is 2. The van der Waals surface area contributed by atoms with Crippen molar-refractivity contribution in [2.45, 2.75) is 31.2 Å². The Kier molecular flexibility index (Phi) is 5.67. The lowest BCUT2D eigenvalue weighted by Gasteiger charge is -2.40. The number of piperazine rings is 1. The van der Waals surface area contributed by atoms with Crippen molar-refractivity contribution in [3.63, 3.8) is 0 Å². The van der Waals surface area contributed by atoms with Gasteiger partial charge in [-0.15, -0.1) is 0 Å². The highest BCUT2D eigenvalue weighted by atomic mass is 16.5. The quantitative estimate of drug-likeness (QED) is 0.759. The van der Waals surface area contributed by atoms with Crippen molar-refractivity contribution >= 4 is 5.91 Å². The van der Waals surface area contributed by atoms with Gasteiger partial charge in [-0.1, -0.05) is 48.5 Å². The van der Waals surface area contributed by atoms with E-state index in [1.165, 1.54) is 18.4 Å². The summed E-state index contributed by atoms with van der Waals surface area (Å²) in [6, 6.07) is 18.9. The Hall–Kier alpha value is -2.33. The number of carbonyl (C=O) groups excluding carboxylic acids is 1. The zero-order valence-electron chi connectivity index (χ0n) is 16.9. The predicted molar refractivity (Wildman–Crippen MR) is 111 cm³/mol. The number of nitrogens with zero attached hydrogens (tertiary/aromatic N) is 2.